The van der Waals surface area contributed by atoms with Crippen molar-refractivity contribution in [3.8, 4) is 17.4 Å². The zero-order chi connectivity index (χ0) is 13.9. The van der Waals surface area contributed by atoms with Crippen molar-refractivity contribution in [3.05, 3.63) is 47.7 Å². The van der Waals surface area contributed by atoms with E-state index in [2.05, 4.69) is 4.98 Å². The van der Waals surface area contributed by atoms with Crippen molar-refractivity contribution >= 4 is 0 Å². The molecule has 1 aromatic carbocycles. The minimum absolute atomic E-state index is 0.115. The molecule has 104 valence electrons. The van der Waals surface area contributed by atoms with E-state index in [9.17, 15) is 0 Å². The lowest BCUT2D eigenvalue weighted by atomic mass is 10.1. The second-order valence-corrected chi connectivity index (χ2v) is 4.66. The Kier molecular flexibility index (Phi) is 3.43. The van der Waals surface area contributed by atoms with Crippen molar-refractivity contribution in [2.24, 2.45) is 5.73 Å². The lowest BCUT2D eigenvalue weighted by Crippen LogP contribution is -2.09. The van der Waals surface area contributed by atoms with Crippen molar-refractivity contribution < 1.29 is 14.2 Å². The molecule has 0 spiro atoms. The zero-order valence-corrected chi connectivity index (χ0v) is 11.2. The van der Waals surface area contributed by atoms with Crippen LogP contribution in [0.5, 0.6) is 17.4 Å². The summed E-state index contributed by atoms with van der Waals surface area (Å²) in [6, 6.07) is 9.40. The van der Waals surface area contributed by atoms with E-state index in [1.54, 1.807) is 6.20 Å². The van der Waals surface area contributed by atoms with Gasteiger partial charge in [0.05, 0.1) is 0 Å². The van der Waals surface area contributed by atoms with Gasteiger partial charge in [-0.2, -0.15) is 0 Å². The highest BCUT2D eigenvalue weighted by molar-refractivity contribution is 5.44. The monoisotopic (exact) mass is 272 g/mol. The summed E-state index contributed by atoms with van der Waals surface area (Å²) < 4.78 is 16.4. The average Bonchev–Trinajstić information content (AvgIpc) is 2.92. The van der Waals surface area contributed by atoms with Crippen molar-refractivity contribution in [3.63, 3.8) is 0 Å². The van der Waals surface area contributed by atoms with Gasteiger partial charge in [0.15, 0.2) is 11.5 Å². The molecule has 0 radical (unpaired) electrons. The molecule has 1 aliphatic rings. The van der Waals surface area contributed by atoms with Gasteiger partial charge in [-0.1, -0.05) is 12.1 Å². The van der Waals surface area contributed by atoms with E-state index in [0.717, 1.165) is 22.6 Å². The van der Waals surface area contributed by atoms with Crippen LogP contribution in [-0.2, 0) is 6.61 Å². The molecular weight excluding hydrogens is 256 g/mol. The molecule has 2 heterocycles. The molecule has 0 bridgehead atoms. The molecule has 5 nitrogen and oxygen atoms in total. The number of nitrogens with zero attached hydrogens (tertiary/aromatic N) is 1. The van der Waals surface area contributed by atoms with E-state index in [0.29, 0.717) is 12.5 Å². The zero-order valence-electron chi connectivity index (χ0n) is 11.2. The molecule has 1 atom stereocenters. The number of aromatic nitrogens is 1. The van der Waals surface area contributed by atoms with E-state index >= 15 is 0 Å². The van der Waals surface area contributed by atoms with Crippen LogP contribution in [0.1, 0.15) is 24.1 Å². The first kappa shape index (κ1) is 12.7. The van der Waals surface area contributed by atoms with Crippen LogP contribution in [0.25, 0.3) is 0 Å². The highest BCUT2D eigenvalue weighted by Gasteiger charge is 2.14. The Hall–Kier alpha value is -2.27. The number of fused-ring (bicyclic) bond motifs is 1. The van der Waals surface area contributed by atoms with Gasteiger partial charge in [0.1, 0.15) is 6.61 Å². The molecule has 1 aromatic heterocycles. The van der Waals surface area contributed by atoms with E-state index in [-0.39, 0.29) is 12.8 Å². The first-order valence-corrected chi connectivity index (χ1v) is 6.46. The standard InChI is InChI=1S/C15H16N2O3/c1-10(16)12-3-2-6-17-15(12)18-8-11-4-5-13-14(7-11)20-9-19-13/h2-7,10H,8-9,16H2,1H3/t10-/m0/s1. The summed E-state index contributed by atoms with van der Waals surface area (Å²) in [6.45, 7) is 2.59. The summed E-state index contributed by atoms with van der Waals surface area (Å²) in [5, 5.41) is 0. The molecule has 0 saturated heterocycles. The molecule has 20 heavy (non-hydrogen) atoms. The van der Waals surface area contributed by atoms with Gasteiger partial charge >= 0.3 is 0 Å². The molecule has 0 amide bonds. The summed E-state index contributed by atoms with van der Waals surface area (Å²) in [5.41, 5.74) is 7.79. The number of benzene rings is 1. The molecule has 3 rings (SSSR count). The average molecular weight is 272 g/mol. The fourth-order valence-electron chi connectivity index (χ4n) is 2.05. The number of pyridine rings is 1. The van der Waals surface area contributed by atoms with E-state index in [4.69, 9.17) is 19.9 Å². The maximum absolute atomic E-state index is 5.90. The van der Waals surface area contributed by atoms with E-state index < -0.39 is 0 Å². The summed E-state index contributed by atoms with van der Waals surface area (Å²) in [5.74, 6) is 2.09. The van der Waals surface area contributed by atoms with Crippen LogP contribution >= 0.6 is 0 Å². The van der Waals surface area contributed by atoms with Gasteiger partial charge in [-0.25, -0.2) is 4.98 Å². The molecule has 2 aromatic rings. The Bertz CT molecular complexity index is 614. The summed E-state index contributed by atoms with van der Waals surface area (Å²) in [7, 11) is 0. The van der Waals surface area contributed by atoms with Gasteiger partial charge in [-0.3, -0.25) is 0 Å². The number of nitrogens with two attached hydrogens (primary N) is 1. The fourth-order valence-corrected chi connectivity index (χ4v) is 2.05. The molecular formula is C15H16N2O3. The van der Waals surface area contributed by atoms with Crippen LogP contribution in [0.4, 0.5) is 0 Å². The van der Waals surface area contributed by atoms with E-state index in [1.165, 1.54) is 0 Å². The summed E-state index contributed by atoms with van der Waals surface area (Å²) in [6.07, 6.45) is 1.70. The number of hydrogen-bond donors (Lipinski definition) is 1. The van der Waals surface area contributed by atoms with Crippen LogP contribution in [0, 0.1) is 0 Å². The van der Waals surface area contributed by atoms with E-state index in [1.807, 2.05) is 37.3 Å². The van der Waals surface area contributed by atoms with Gasteiger partial charge in [-0.15, -0.1) is 0 Å². The van der Waals surface area contributed by atoms with Crippen molar-refractivity contribution in [2.75, 3.05) is 6.79 Å². The van der Waals surface area contributed by atoms with Gasteiger partial charge < -0.3 is 19.9 Å². The number of rotatable bonds is 4. The number of ether oxygens (including phenoxy) is 3. The second-order valence-electron chi connectivity index (χ2n) is 4.66. The molecule has 5 heteroatoms. The Labute approximate surface area is 117 Å². The van der Waals surface area contributed by atoms with Crippen LogP contribution in [0.3, 0.4) is 0 Å². The summed E-state index contributed by atoms with van der Waals surface area (Å²) >= 11 is 0. The highest BCUT2D eigenvalue weighted by Crippen LogP contribution is 2.32. The Morgan fingerprint density at radius 3 is 3.00 bits per heavy atom. The normalized spacial score (nSPS) is 14.1. The number of hydrogen-bond acceptors (Lipinski definition) is 5. The smallest absolute Gasteiger partial charge is 0.231 e. The third-order valence-corrected chi connectivity index (χ3v) is 3.10. The molecule has 0 aliphatic carbocycles. The van der Waals surface area contributed by atoms with Gasteiger partial charge in [0.25, 0.3) is 0 Å². The third kappa shape index (κ3) is 2.53. The lowest BCUT2D eigenvalue weighted by Gasteiger charge is -2.12. The molecule has 0 unspecified atom stereocenters. The van der Waals surface area contributed by atoms with Crippen LogP contribution < -0.4 is 19.9 Å². The largest absolute Gasteiger partial charge is 0.473 e. The maximum Gasteiger partial charge on any atom is 0.231 e. The highest BCUT2D eigenvalue weighted by atomic mass is 16.7. The predicted octanol–water partition coefficient (Wildman–Crippen LogP) is 2.41. The van der Waals surface area contributed by atoms with Crippen molar-refractivity contribution in [1.29, 1.82) is 0 Å². The van der Waals surface area contributed by atoms with Gasteiger partial charge in [0.2, 0.25) is 12.7 Å². The Balaban J connectivity index is 1.74. The molecule has 1 aliphatic heterocycles. The Morgan fingerprint density at radius 1 is 1.30 bits per heavy atom. The topological polar surface area (TPSA) is 66.6 Å². The Morgan fingerprint density at radius 2 is 2.15 bits per heavy atom. The second kappa shape index (κ2) is 5.38. The van der Waals surface area contributed by atoms with Crippen molar-refractivity contribution in [1.82, 2.24) is 4.98 Å². The minimum atomic E-state index is -0.115. The predicted molar refractivity (Wildman–Crippen MR) is 73.7 cm³/mol. The SMILES string of the molecule is C[C@H](N)c1cccnc1OCc1ccc2c(c1)OCO2. The molecule has 2 N–H and O–H groups in total. The van der Waals surface area contributed by atoms with Crippen LogP contribution in [0.15, 0.2) is 36.5 Å². The maximum atomic E-state index is 5.90. The van der Waals surface area contributed by atoms with Gasteiger partial charge in [-0.05, 0) is 30.7 Å². The van der Waals surface area contributed by atoms with Crippen LogP contribution in [-0.4, -0.2) is 11.8 Å². The first-order chi connectivity index (χ1) is 9.74. The lowest BCUT2D eigenvalue weighted by molar-refractivity contribution is 0.174. The van der Waals surface area contributed by atoms with Crippen LogP contribution in [0.2, 0.25) is 0 Å². The molecule has 0 fully saturated rings. The van der Waals surface area contributed by atoms with Gasteiger partial charge in [0, 0.05) is 17.8 Å². The van der Waals surface area contributed by atoms with Crippen molar-refractivity contribution in [2.45, 2.75) is 19.6 Å². The quantitative estimate of drug-likeness (QED) is 0.925. The summed E-state index contributed by atoms with van der Waals surface area (Å²) in [4.78, 5) is 4.23. The third-order valence-electron chi connectivity index (χ3n) is 3.10. The molecule has 0 saturated carbocycles. The minimum Gasteiger partial charge on any atom is -0.473 e. The first-order valence-electron chi connectivity index (χ1n) is 6.46. The fraction of sp³-hybridized carbons (Fsp3) is 0.267.